The van der Waals surface area contributed by atoms with Gasteiger partial charge in [0, 0.05) is 18.1 Å². The fraction of sp³-hybridized carbons (Fsp3) is 0.533. The highest BCUT2D eigenvalue weighted by Crippen LogP contribution is 2.22. The molecule has 0 unspecified atom stereocenters. The van der Waals surface area contributed by atoms with Crippen molar-refractivity contribution in [2.24, 2.45) is 0 Å². The Balaban J connectivity index is 2.84. The molecule has 0 heterocycles. The zero-order valence-electron chi connectivity index (χ0n) is 11.6. The number of nitrogens with zero attached hydrogens (tertiary/aromatic N) is 1. The Morgan fingerprint density at radius 3 is 2.16 bits per heavy atom. The SMILES string of the molecule is CCCCN(CCCC)C(=O)c1ccc(Cl)cc1Cl. The van der Waals surface area contributed by atoms with Gasteiger partial charge in [0.1, 0.15) is 0 Å². The van der Waals surface area contributed by atoms with Crippen molar-refractivity contribution in [3.63, 3.8) is 0 Å². The first-order chi connectivity index (χ1) is 9.10. The first-order valence-corrected chi connectivity index (χ1v) is 7.60. The van der Waals surface area contributed by atoms with E-state index < -0.39 is 0 Å². The Labute approximate surface area is 125 Å². The number of benzene rings is 1. The summed E-state index contributed by atoms with van der Waals surface area (Å²) in [5.74, 6) is 0.00330. The molecule has 0 atom stereocenters. The molecular weight excluding hydrogens is 281 g/mol. The third-order valence-electron chi connectivity index (χ3n) is 3.01. The van der Waals surface area contributed by atoms with E-state index in [1.165, 1.54) is 0 Å². The summed E-state index contributed by atoms with van der Waals surface area (Å²) in [6, 6.07) is 5.03. The van der Waals surface area contributed by atoms with Crippen molar-refractivity contribution in [1.29, 1.82) is 0 Å². The highest BCUT2D eigenvalue weighted by Gasteiger charge is 2.17. The van der Waals surface area contributed by atoms with Crippen LogP contribution in [0.3, 0.4) is 0 Å². The molecule has 0 aliphatic heterocycles. The van der Waals surface area contributed by atoms with E-state index in [2.05, 4.69) is 13.8 Å². The fourth-order valence-electron chi connectivity index (χ4n) is 1.85. The van der Waals surface area contributed by atoms with Gasteiger partial charge < -0.3 is 4.90 Å². The second kappa shape index (κ2) is 8.44. The van der Waals surface area contributed by atoms with Gasteiger partial charge in [-0.3, -0.25) is 4.79 Å². The quantitative estimate of drug-likeness (QED) is 0.691. The van der Waals surface area contributed by atoms with Gasteiger partial charge in [0.2, 0.25) is 0 Å². The van der Waals surface area contributed by atoms with Crippen molar-refractivity contribution in [3.05, 3.63) is 33.8 Å². The normalized spacial score (nSPS) is 10.5. The lowest BCUT2D eigenvalue weighted by atomic mass is 10.1. The van der Waals surface area contributed by atoms with Crippen molar-refractivity contribution in [2.75, 3.05) is 13.1 Å². The minimum Gasteiger partial charge on any atom is -0.339 e. The van der Waals surface area contributed by atoms with Crippen LogP contribution in [-0.2, 0) is 0 Å². The highest BCUT2D eigenvalue weighted by atomic mass is 35.5. The van der Waals surface area contributed by atoms with Gasteiger partial charge in [-0.25, -0.2) is 0 Å². The number of amides is 1. The van der Waals surface area contributed by atoms with Crippen LogP contribution in [0.4, 0.5) is 0 Å². The molecule has 1 amide bonds. The van der Waals surface area contributed by atoms with Gasteiger partial charge in [-0.15, -0.1) is 0 Å². The predicted molar refractivity (Wildman–Crippen MR) is 82.2 cm³/mol. The van der Waals surface area contributed by atoms with E-state index in [1.807, 2.05) is 4.90 Å². The molecule has 4 heteroatoms. The van der Waals surface area contributed by atoms with Gasteiger partial charge in [0.25, 0.3) is 5.91 Å². The molecule has 0 aromatic heterocycles. The maximum atomic E-state index is 12.5. The van der Waals surface area contributed by atoms with Crippen molar-refractivity contribution >= 4 is 29.1 Å². The number of hydrogen-bond acceptors (Lipinski definition) is 1. The Morgan fingerprint density at radius 2 is 1.68 bits per heavy atom. The van der Waals surface area contributed by atoms with E-state index in [0.29, 0.717) is 15.6 Å². The van der Waals surface area contributed by atoms with Gasteiger partial charge >= 0.3 is 0 Å². The number of halogens is 2. The number of hydrogen-bond donors (Lipinski definition) is 0. The Kier molecular flexibility index (Phi) is 7.25. The minimum atomic E-state index is 0.00330. The molecule has 19 heavy (non-hydrogen) atoms. The lowest BCUT2D eigenvalue weighted by Gasteiger charge is -2.23. The van der Waals surface area contributed by atoms with Gasteiger partial charge in [-0.1, -0.05) is 49.9 Å². The predicted octanol–water partition coefficient (Wildman–Crippen LogP) is 5.04. The van der Waals surface area contributed by atoms with Crippen molar-refractivity contribution in [1.82, 2.24) is 4.90 Å². The molecular formula is C15H21Cl2NO. The first-order valence-electron chi connectivity index (χ1n) is 6.84. The number of carbonyl (C=O) groups excluding carboxylic acids is 1. The van der Waals surface area contributed by atoms with E-state index in [4.69, 9.17) is 23.2 Å². The van der Waals surface area contributed by atoms with E-state index >= 15 is 0 Å². The lowest BCUT2D eigenvalue weighted by molar-refractivity contribution is 0.0751. The molecule has 0 saturated carbocycles. The summed E-state index contributed by atoms with van der Waals surface area (Å²) in [7, 11) is 0. The second-order valence-electron chi connectivity index (χ2n) is 4.62. The Hall–Kier alpha value is -0.730. The van der Waals surface area contributed by atoms with Gasteiger partial charge in [-0.2, -0.15) is 0 Å². The first kappa shape index (κ1) is 16.3. The monoisotopic (exact) mass is 301 g/mol. The van der Waals surface area contributed by atoms with Crippen LogP contribution in [0.15, 0.2) is 18.2 Å². The number of rotatable bonds is 7. The van der Waals surface area contributed by atoms with E-state index in [1.54, 1.807) is 18.2 Å². The summed E-state index contributed by atoms with van der Waals surface area (Å²) in [6.07, 6.45) is 4.18. The molecule has 0 aliphatic carbocycles. The molecule has 1 aromatic carbocycles. The van der Waals surface area contributed by atoms with Crippen LogP contribution in [0, 0.1) is 0 Å². The van der Waals surface area contributed by atoms with E-state index in [9.17, 15) is 4.79 Å². The summed E-state index contributed by atoms with van der Waals surface area (Å²) >= 11 is 12.0. The van der Waals surface area contributed by atoms with Crippen LogP contribution >= 0.6 is 23.2 Å². The molecule has 1 rings (SSSR count). The number of carbonyl (C=O) groups is 1. The third kappa shape index (κ3) is 5.04. The van der Waals surface area contributed by atoms with Crippen molar-refractivity contribution in [3.8, 4) is 0 Å². The molecule has 1 aromatic rings. The van der Waals surface area contributed by atoms with Crippen LogP contribution in [0.1, 0.15) is 49.9 Å². The zero-order valence-corrected chi connectivity index (χ0v) is 13.1. The summed E-state index contributed by atoms with van der Waals surface area (Å²) < 4.78 is 0. The molecule has 0 spiro atoms. The topological polar surface area (TPSA) is 20.3 Å². The maximum Gasteiger partial charge on any atom is 0.255 e. The minimum absolute atomic E-state index is 0.00330. The second-order valence-corrected chi connectivity index (χ2v) is 5.47. The van der Waals surface area contributed by atoms with Gasteiger partial charge in [-0.05, 0) is 31.0 Å². The molecule has 106 valence electrons. The van der Waals surface area contributed by atoms with Crippen molar-refractivity contribution in [2.45, 2.75) is 39.5 Å². The van der Waals surface area contributed by atoms with Crippen LogP contribution in [0.2, 0.25) is 10.0 Å². The van der Waals surface area contributed by atoms with Crippen LogP contribution < -0.4 is 0 Å². The molecule has 0 saturated heterocycles. The summed E-state index contributed by atoms with van der Waals surface area (Å²) in [5.41, 5.74) is 0.540. The van der Waals surface area contributed by atoms with Crippen LogP contribution in [0.25, 0.3) is 0 Å². The lowest BCUT2D eigenvalue weighted by Crippen LogP contribution is -2.33. The average Bonchev–Trinajstić information content (AvgIpc) is 2.38. The smallest absolute Gasteiger partial charge is 0.255 e. The Morgan fingerprint density at radius 1 is 1.11 bits per heavy atom. The largest absolute Gasteiger partial charge is 0.339 e. The Bertz CT molecular complexity index is 413. The molecule has 0 bridgehead atoms. The molecule has 0 N–H and O–H groups in total. The molecule has 2 nitrogen and oxygen atoms in total. The van der Waals surface area contributed by atoms with E-state index in [-0.39, 0.29) is 5.91 Å². The molecule has 0 radical (unpaired) electrons. The summed E-state index contributed by atoms with van der Waals surface area (Å²) in [6.45, 7) is 5.82. The zero-order chi connectivity index (χ0) is 14.3. The van der Waals surface area contributed by atoms with Gasteiger partial charge in [0.05, 0.1) is 10.6 Å². The average molecular weight is 302 g/mol. The molecule has 0 aliphatic rings. The maximum absolute atomic E-state index is 12.5. The fourth-order valence-corrected chi connectivity index (χ4v) is 2.34. The summed E-state index contributed by atoms with van der Waals surface area (Å²) in [4.78, 5) is 14.4. The summed E-state index contributed by atoms with van der Waals surface area (Å²) in [5, 5.41) is 0.978. The van der Waals surface area contributed by atoms with Crippen molar-refractivity contribution < 1.29 is 4.79 Å². The van der Waals surface area contributed by atoms with Gasteiger partial charge in [0.15, 0.2) is 0 Å². The molecule has 0 fully saturated rings. The van der Waals surface area contributed by atoms with E-state index in [0.717, 1.165) is 38.8 Å². The van der Waals surface area contributed by atoms with Crippen LogP contribution in [0.5, 0.6) is 0 Å². The number of unbranched alkanes of at least 4 members (excludes halogenated alkanes) is 2. The highest BCUT2D eigenvalue weighted by molar-refractivity contribution is 6.36. The third-order valence-corrected chi connectivity index (χ3v) is 3.56. The van der Waals surface area contributed by atoms with Crippen LogP contribution in [-0.4, -0.2) is 23.9 Å². The standard InChI is InChI=1S/C15H21Cl2NO/c1-3-5-9-18(10-6-4-2)15(19)13-8-7-12(16)11-14(13)17/h7-8,11H,3-6,9-10H2,1-2H3.